The van der Waals surface area contributed by atoms with E-state index in [1.807, 2.05) is 6.26 Å². The molecule has 1 amide bonds. The number of carbonyl (C=O) groups excluding carboxylic acids is 2. The lowest BCUT2D eigenvalue weighted by Gasteiger charge is -2.24. The molecule has 1 N–H and O–H groups in total. The standard InChI is InChI=1S/C35H65NO3Si/c1-6-11-13-15-17-19-20-22-24-26-33(37)32(31-28-35(39-30-31)40(8-3,9-4)10-5)29-36-34(38)27-25-23-21-18-16-14-12-7-2/h28,30,32H,6-27,29H2,1-5H3,(H,36,38). The number of hydrogen-bond acceptors (Lipinski definition) is 3. The lowest BCUT2D eigenvalue weighted by Crippen LogP contribution is -2.45. The van der Waals surface area contributed by atoms with E-state index in [4.69, 9.17) is 4.42 Å². The molecule has 0 saturated heterocycles. The van der Waals surface area contributed by atoms with Crippen LogP contribution in [-0.4, -0.2) is 26.3 Å². The normalized spacial score (nSPS) is 12.5. The quantitative estimate of drug-likeness (QED) is 0.0838. The Labute approximate surface area is 249 Å². The van der Waals surface area contributed by atoms with Crippen molar-refractivity contribution < 1.29 is 14.0 Å². The van der Waals surface area contributed by atoms with Crippen LogP contribution < -0.4 is 10.7 Å². The van der Waals surface area contributed by atoms with Gasteiger partial charge >= 0.3 is 0 Å². The highest BCUT2D eigenvalue weighted by Gasteiger charge is 2.34. The number of furan rings is 1. The fraction of sp³-hybridized carbons (Fsp3) is 0.829. The summed E-state index contributed by atoms with van der Waals surface area (Å²) >= 11 is 0. The fourth-order valence-corrected chi connectivity index (χ4v) is 9.34. The van der Waals surface area contributed by atoms with E-state index in [9.17, 15) is 9.59 Å². The van der Waals surface area contributed by atoms with Crippen LogP contribution in [0.1, 0.15) is 168 Å². The Balaban J connectivity index is 2.63. The van der Waals surface area contributed by atoms with E-state index in [-0.39, 0.29) is 17.6 Å². The first-order valence-electron chi connectivity index (χ1n) is 17.4. The van der Waals surface area contributed by atoms with E-state index in [1.54, 1.807) is 0 Å². The van der Waals surface area contributed by atoms with Gasteiger partial charge in [0, 0.05) is 24.9 Å². The molecule has 4 nitrogen and oxygen atoms in total. The molecule has 1 unspecified atom stereocenters. The number of hydrogen-bond donors (Lipinski definition) is 1. The molecule has 1 aromatic heterocycles. The molecule has 0 fully saturated rings. The predicted molar refractivity (Wildman–Crippen MR) is 175 cm³/mol. The summed E-state index contributed by atoms with van der Waals surface area (Å²) in [5.74, 6) is 0.0285. The van der Waals surface area contributed by atoms with Crippen molar-refractivity contribution in [3.8, 4) is 0 Å². The van der Waals surface area contributed by atoms with Gasteiger partial charge in [-0.15, -0.1) is 0 Å². The molecule has 0 aromatic carbocycles. The van der Waals surface area contributed by atoms with Gasteiger partial charge in [-0.25, -0.2) is 0 Å². The Morgan fingerprint density at radius 2 is 1.12 bits per heavy atom. The van der Waals surface area contributed by atoms with Crippen LogP contribution in [0.2, 0.25) is 18.1 Å². The number of nitrogens with one attached hydrogen (secondary N) is 1. The lowest BCUT2D eigenvalue weighted by molar-refractivity contribution is -0.122. The summed E-state index contributed by atoms with van der Waals surface area (Å²) in [4.78, 5) is 26.1. The number of rotatable bonds is 27. The van der Waals surface area contributed by atoms with Crippen LogP contribution in [0, 0.1) is 0 Å². The minimum Gasteiger partial charge on any atom is -0.474 e. The van der Waals surface area contributed by atoms with Gasteiger partial charge in [-0.3, -0.25) is 9.59 Å². The molecule has 0 saturated carbocycles. The second kappa shape index (κ2) is 23.2. The van der Waals surface area contributed by atoms with Crippen LogP contribution >= 0.6 is 0 Å². The molecule has 40 heavy (non-hydrogen) atoms. The molecular formula is C35H65NO3Si. The summed E-state index contributed by atoms with van der Waals surface area (Å²) in [6.07, 6.45) is 24.0. The number of Topliss-reactive ketones (excluding diaryl/α,β-unsaturated/α-hetero) is 1. The van der Waals surface area contributed by atoms with Crippen molar-refractivity contribution in [3.05, 3.63) is 17.9 Å². The second-order valence-corrected chi connectivity index (χ2v) is 17.4. The number of ketones is 1. The number of unbranched alkanes of at least 4 members (excludes halogenated alkanes) is 15. The minimum absolute atomic E-state index is 0.0787. The van der Waals surface area contributed by atoms with Gasteiger partial charge in [0.25, 0.3) is 0 Å². The third-order valence-electron chi connectivity index (χ3n) is 9.25. The Hall–Kier alpha value is -1.36. The van der Waals surface area contributed by atoms with Gasteiger partial charge in [0.2, 0.25) is 5.91 Å². The van der Waals surface area contributed by atoms with E-state index >= 15 is 0 Å². The maximum absolute atomic E-state index is 13.5. The van der Waals surface area contributed by atoms with Crippen molar-refractivity contribution in [2.45, 2.75) is 181 Å². The zero-order valence-corrected chi connectivity index (χ0v) is 28.2. The summed E-state index contributed by atoms with van der Waals surface area (Å²) in [6, 6.07) is 5.63. The molecular weight excluding hydrogens is 510 g/mol. The van der Waals surface area contributed by atoms with Gasteiger partial charge in [-0.05, 0) is 18.9 Å². The topological polar surface area (TPSA) is 59.3 Å². The van der Waals surface area contributed by atoms with Crippen LogP contribution in [-0.2, 0) is 9.59 Å². The summed E-state index contributed by atoms with van der Waals surface area (Å²) in [7, 11) is -1.65. The Bertz CT molecular complexity index is 762. The first kappa shape index (κ1) is 36.7. The zero-order valence-electron chi connectivity index (χ0n) is 27.2. The summed E-state index contributed by atoms with van der Waals surface area (Å²) < 4.78 is 6.16. The van der Waals surface area contributed by atoms with Crippen LogP contribution in [0.5, 0.6) is 0 Å². The van der Waals surface area contributed by atoms with Crippen LogP contribution in [0.25, 0.3) is 0 Å². The summed E-state index contributed by atoms with van der Waals surface area (Å²) in [6.45, 7) is 11.7. The van der Waals surface area contributed by atoms with Crippen molar-refractivity contribution in [2.75, 3.05) is 6.54 Å². The summed E-state index contributed by atoms with van der Waals surface area (Å²) in [5.41, 5.74) is 0.968. The molecule has 0 aliphatic heterocycles. The van der Waals surface area contributed by atoms with Crippen molar-refractivity contribution >= 4 is 25.1 Å². The third-order valence-corrected chi connectivity index (χ3v) is 14.6. The van der Waals surface area contributed by atoms with Gasteiger partial charge in [0.05, 0.1) is 17.6 Å². The van der Waals surface area contributed by atoms with Gasteiger partial charge < -0.3 is 9.73 Å². The first-order chi connectivity index (χ1) is 19.5. The SMILES string of the molecule is CCCCCCCCCCCC(=O)C(CNC(=O)CCCCCCCCCC)c1coc([Si](CC)(CC)CC)c1. The van der Waals surface area contributed by atoms with Crippen LogP contribution in [0.4, 0.5) is 0 Å². The second-order valence-electron chi connectivity index (χ2n) is 12.2. The van der Waals surface area contributed by atoms with Crippen molar-refractivity contribution in [2.24, 2.45) is 0 Å². The van der Waals surface area contributed by atoms with Crippen molar-refractivity contribution in [3.63, 3.8) is 0 Å². The van der Waals surface area contributed by atoms with Crippen molar-refractivity contribution in [1.82, 2.24) is 5.32 Å². The molecule has 1 aromatic rings. The monoisotopic (exact) mass is 575 g/mol. The highest BCUT2D eigenvalue weighted by Crippen LogP contribution is 2.25. The van der Waals surface area contributed by atoms with Gasteiger partial charge in [-0.2, -0.15) is 0 Å². The van der Waals surface area contributed by atoms with E-state index in [0.29, 0.717) is 19.4 Å². The van der Waals surface area contributed by atoms with E-state index < -0.39 is 8.07 Å². The average molecular weight is 576 g/mol. The summed E-state index contributed by atoms with van der Waals surface area (Å²) in [5, 5.41) is 4.24. The Morgan fingerprint density at radius 1 is 0.675 bits per heavy atom. The van der Waals surface area contributed by atoms with Crippen LogP contribution in [0.15, 0.2) is 16.7 Å². The molecule has 5 heteroatoms. The highest BCUT2D eigenvalue weighted by atomic mass is 28.3. The van der Waals surface area contributed by atoms with Crippen LogP contribution in [0.3, 0.4) is 0 Å². The predicted octanol–water partition coefficient (Wildman–Crippen LogP) is 10.2. The Morgan fingerprint density at radius 3 is 1.60 bits per heavy atom. The first-order valence-corrected chi connectivity index (χ1v) is 20.0. The van der Waals surface area contributed by atoms with Gasteiger partial charge in [0.15, 0.2) is 0 Å². The Kier molecular flexibility index (Phi) is 21.3. The number of carbonyl (C=O) groups is 2. The van der Waals surface area contributed by atoms with E-state index in [0.717, 1.165) is 54.8 Å². The molecule has 0 spiro atoms. The molecule has 0 radical (unpaired) electrons. The highest BCUT2D eigenvalue weighted by molar-refractivity contribution is 6.90. The lowest BCUT2D eigenvalue weighted by atomic mass is 9.93. The molecule has 0 aliphatic rings. The number of amides is 1. The molecule has 1 rings (SSSR count). The fourth-order valence-electron chi connectivity index (χ4n) is 6.01. The molecule has 0 aliphatic carbocycles. The minimum atomic E-state index is -1.65. The maximum Gasteiger partial charge on any atom is 0.220 e. The molecule has 0 bridgehead atoms. The van der Waals surface area contributed by atoms with Gasteiger partial charge in [0.1, 0.15) is 13.9 Å². The van der Waals surface area contributed by atoms with Gasteiger partial charge in [-0.1, -0.05) is 149 Å². The average Bonchev–Trinajstić information content (AvgIpc) is 3.45. The molecule has 1 heterocycles. The maximum atomic E-state index is 13.5. The zero-order chi connectivity index (χ0) is 29.5. The smallest absolute Gasteiger partial charge is 0.220 e. The molecule has 232 valence electrons. The molecule has 1 atom stereocenters. The van der Waals surface area contributed by atoms with Crippen molar-refractivity contribution in [1.29, 1.82) is 0 Å². The largest absolute Gasteiger partial charge is 0.474 e. The van der Waals surface area contributed by atoms with E-state index in [1.165, 1.54) is 83.5 Å². The van der Waals surface area contributed by atoms with E-state index in [2.05, 4.69) is 46.0 Å². The third kappa shape index (κ3) is 14.5.